The first-order valence-corrected chi connectivity index (χ1v) is 45.2. The Bertz CT molecular complexity index is 4990. The summed E-state index contributed by atoms with van der Waals surface area (Å²) in [4.78, 5) is 87.8. The average molecular weight is 1840 g/mol. The number of para-hydroxylation sites is 3. The number of halogens is 6. The Morgan fingerprint density at radius 2 is 0.659 bits per heavy atom. The molecule has 0 amide bonds. The lowest BCUT2D eigenvalue weighted by Crippen LogP contribution is -2.46. The number of hydrogen-bond acceptors (Lipinski definition) is 30. The van der Waals surface area contributed by atoms with Crippen molar-refractivity contribution in [1.29, 1.82) is 0 Å². The maximum Gasteiger partial charge on any atom is 0.380 e. The van der Waals surface area contributed by atoms with Crippen molar-refractivity contribution in [1.82, 2.24) is 43.6 Å². The number of esters is 3. The zero-order valence-electron chi connectivity index (χ0n) is 68.7. The number of nitrogen functional groups attached to an aromatic ring is 3. The number of carbonyl (C=O) groups is 3. The van der Waals surface area contributed by atoms with E-state index in [0.717, 1.165) is 0 Å². The van der Waals surface area contributed by atoms with Gasteiger partial charge in [0.15, 0.2) is 35.6 Å². The van der Waals surface area contributed by atoms with Crippen LogP contribution in [0.2, 0.25) is 0 Å². The first kappa shape index (κ1) is 96.3. The fourth-order valence-corrected chi connectivity index (χ4v) is 21.0. The first-order valence-electron chi connectivity index (χ1n) is 38.9. The Morgan fingerprint density at radius 3 is 0.870 bits per heavy atom. The number of aliphatic hydroxyl groups is 3. The molecule has 21 atom stereocenters. The zero-order chi connectivity index (χ0) is 90.3. The molecule has 0 saturated carbocycles. The van der Waals surface area contributed by atoms with Gasteiger partial charge < -0.3 is 88.2 Å². The zero-order valence-corrected chi connectivity index (χ0v) is 73.6. The highest BCUT2D eigenvalue weighted by Gasteiger charge is 2.62. The van der Waals surface area contributed by atoms with Gasteiger partial charge in [-0.05, 0) is 117 Å². The molecule has 0 bridgehead atoms. The van der Waals surface area contributed by atoms with E-state index in [-0.39, 0.29) is 105 Å². The smallest absolute Gasteiger partial charge is 0.380 e. The molecule has 4 unspecified atom stereocenters. The van der Waals surface area contributed by atoms with Gasteiger partial charge in [-0.25, -0.2) is 26.9 Å². The highest BCUT2D eigenvalue weighted by molar-refractivity contribution is 7.55. The number of carbonyl (C=O) groups excluding carboxylic acids is 3. The molecule has 12 rings (SSSR count). The predicted molar refractivity (Wildman–Crippen MR) is 449 cm³/mol. The van der Waals surface area contributed by atoms with E-state index in [4.69, 9.17) is 108 Å². The van der Waals surface area contributed by atoms with Crippen LogP contribution in [-0.2, 0) is 70.1 Å². The summed E-state index contributed by atoms with van der Waals surface area (Å²) in [7, 11) is -12.4. The van der Waals surface area contributed by atoms with Crippen LogP contribution in [0.25, 0.3) is 33.1 Å². The lowest BCUT2D eigenvalue weighted by atomic mass is 9.97. The van der Waals surface area contributed by atoms with Crippen LogP contribution in [0.4, 0.5) is 31.0 Å². The number of H-pyrrole nitrogens is 3. The molecule has 0 spiro atoms. The van der Waals surface area contributed by atoms with E-state index in [1.807, 2.05) is 0 Å². The number of nitrogens with two attached hydrogens (primary N) is 3. The molecule has 36 nitrogen and oxygen atoms in total. The predicted octanol–water partition coefficient (Wildman–Crippen LogP) is 11.3. The molecule has 0 radical (unpaired) electrons. The molecule has 123 heavy (non-hydrogen) atoms. The minimum atomic E-state index is -4.12. The number of fused-ring (bicyclic) bond motifs is 3. The van der Waals surface area contributed by atoms with Gasteiger partial charge >= 0.3 is 40.7 Å². The molecule has 0 aliphatic carbocycles. The number of nitrogens with zero attached hydrogens (tertiary/aromatic N) is 6. The van der Waals surface area contributed by atoms with Gasteiger partial charge in [-0.3, -0.25) is 57.3 Å². The fraction of sp³-hybridized carbons (Fsp3) is 0.500. The number of aromatic amines is 3. The minimum absolute atomic E-state index is 0.0618. The standard InChI is InChI=1S/3C26H33ClFN4O8P/c3*1-14(2)37-23(35)15(3)12-41(36,40-17-8-6-5-7-9-17)39-16(4)19-20(33)26(27,13-28)24(38-19)32-11-10-18-21(32)30-25(29)31-22(18)34/h3*5-11,14-16,19-20,24,33H,12-13H2,1-4H3,(H3,29,30,31,34)/t15-,16-,19-,20+,24-,26?,41?;15-,16-,19-,20+,24-,26?,41+;15-,16-,19-,20+,24-,26?,41-/m111/s1. The van der Waals surface area contributed by atoms with Crippen LogP contribution in [0.15, 0.2) is 142 Å². The summed E-state index contributed by atoms with van der Waals surface area (Å²) in [5.41, 5.74) is 15.7. The molecular weight excluding hydrogens is 1750 g/mol. The normalized spacial score (nSPS) is 25.6. The summed E-state index contributed by atoms with van der Waals surface area (Å²) >= 11 is 19.9. The van der Waals surface area contributed by atoms with Crippen LogP contribution >= 0.6 is 57.6 Å². The van der Waals surface area contributed by atoms with Gasteiger partial charge in [0.2, 0.25) is 17.8 Å². The van der Waals surface area contributed by atoms with Crippen molar-refractivity contribution in [2.75, 3.05) is 55.7 Å². The highest BCUT2D eigenvalue weighted by atomic mass is 35.5. The topological polar surface area (TPSA) is 504 Å². The van der Waals surface area contributed by atoms with Gasteiger partial charge in [0.05, 0.1) is 89.0 Å². The van der Waals surface area contributed by atoms with E-state index >= 15 is 0 Å². The van der Waals surface area contributed by atoms with E-state index in [1.165, 1.54) is 92.0 Å². The Balaban J connectivity index is 0.000000193. The van der Waals surface area contributed by atoms with Gasteiger partial charge in [0.1, 0.15) is 88.5 Å². The third kappa shape index (κ3) is 22.0. The maximum atomic E-state index is 14.5. The molecule has 3 aliphatic heterocycles. The van der Waals surface area contributed by atoms with Gasteiger partial charge in [-0.1, -0.05) is 75.4 Å². The van der Waals surface area contributed by atoms with E-state index in [9.17, 15) is 71.0 Å². The Labute approximate surface area is 717 Å². The Hall–Kier alpha value is -8.88. The third-order valence-electron chi connectivity index (χ3n) is 19.8. The van der Waals surface area contributed by atoms with Crippen LogP contribution in [0.5, 0.6) is 17.2 Å². The molecule has 3 aliphatic rings. The van der Waals surface area contributed by atoms with Gasteiger partial charge in [-0.15, -0.1) is 34.8 Å². The van der Waals surface area contributed by atoms with Crippen molar-refractivity contribution >= 4 is 126 Å². The second-order valence-electron chi connectivity index (χ2n) is 30.8. The molecule has 6 aromatic heterocycles. The molecule has 3 fully saturated rings. The monoisotopic (exact) mass is 1840 g/mol. The number of nitrogens with one attached hydrogen (secondary N) is 3. The molecular formula is C78H99Cl3F3N12O24P3. The average Bonchev–Trinajstić information content (AvgIpc) is 1.59. The number of rotatable bonds is 33. The maximum absolute atomic E-state index is 14.5. The van der Waals surface area contributed by atoms with E-state index in [0.29, 0.717) is 0 Å². The van der Waals surface area contributed by atoms with Gasteiger partial charge in [0.25, 0.3) is 16.7 Å². The number of benzene rings is 3. The Kier molecular flexibility index (Phi) is 31.1. The summed E-state index contributed by atoms with van der Waals surface area (Å²) in [6.45, 7) is 15.4. The second kappa shape index (κ2) is 39.8. The number of hydrogen-bond donors (Lipinski definition) is 9. The summed E-state index contributed by atoms with van der Waals surface area (Å²) < 4.78 is 158. The van der Waals surface area contributed by atoms with Crippen molar-refractivity contribution in [2.45, 2.75) is 190 Å². The lowest BCUT2D eigenvalue weighted by molar-refractivity contribution is -0.152. The Morgan fingerprint density at radius 1 is 0.431 bits per heavy atom. The van der Waals surface area contributed by atoms with Crippen LogP contribution in [-0.4, -0.2) is 203 Å². The largest absolute Gasteiger partial charge is 0.463 e. The number of aromatic nitrogens is 9. The fourth-order valence-electron chi connectivity index (χ4n) is 13.9. The van der Waals surface area contributed by atoms with Crippen LogP contribution in [0, 0.1) is 17.8 Å². The number of anilines is 3. The first-order chi connectivity index (χ1) is 57.8. The van der Waals surface area contributed by atoms with Crippen molar-refractivity contribution in [2.24, 2.45) is 17.8 Å². The summed E-state index contributed by atoms with van der Waals surface area (Å²) in [6, 6.07) is 28.9. The summed E-state index contributed by atoms with van der Waals surface area (Å²) in [5, 5.41) is 34.0. The highest BCUT2D eigenvalue weighted by Crippen LogP contribution is 2.58. The van der Waals surface area contributed by atoms with Crippen molar-refractivity contribution in [3.8, 4) is 17.2 Å². The molecule has 9 heterocycles. The van der Waals surface area contributed by atoms with E-state index < -0.39 is 183 Å². The second-order valence-corrected chi connectivity index (χ2v) is 38.8. The summed E-state index contributed by atoms with van der Waals surface area (Å²) in [5.74, 6) is -4.28. The van der Waals surface area contributed by atoms with Crippen molar-refractivity contribution < 1.29 is 112 Å². The van der Waals surface area contributed by atoms with Gasteiger partial charge in [-0.2, -0.15) is 15.0 Å². The quantitative estimate of drug-likeness (QED) is 0.00798. The third-order valence-corrected chi connectivity index (χ3v) is 27.7. The van der Waals surface area contributed by atoms with Crippen LogP contribution in [0.3, 0.4) is 0 Å². The number of ether oxygens (including phenoxy) is 6. The molecule has 9 aromatic rings. The van der Waals surface area contributed by atoms with E-state index in [1.54, 1.807) is 133 Å². The molecule has 45 heteroatoms. The molecule has 3 saturated heterocycles. The molecule has 672 valence electrons. The minimum Gasteiger partial charge on any atom is -0.463 e. The number of alkyl halides is 6. The van der Waals surface area contributed by atoms with Crippen molar-refractivity contribution in [3.05, 3.63) is 159 Å². The molecule has 3 aromatic carbocycles. The van der Waals surface area contributed by atoms with Crippen LogP contribution < -0.4 is 47.5 Å². The van der Waals surface area contributed by atoms with E-state index in [2.05, 4.69) is 29.9 Å². The number of aliphatic hydroxyl groups excluding tert-OH is 3. The van der Waals surface area contributed by atoms with Gasteiger partial charge in [0, 0.05) is 18.6 Å². The van der Waals surface area contributed by atoms with Crippen LogP contribution in [0.1, 0.15) is 102 Å². The SMILES string of the molecule is CC(C)OC(=O)[C@H](C)CP(=O)(Oc1ccccc1)O[C@H](C)[C@H]1O[C@@H](n2ccc3c(=O)[nH]c(N)nc32)C(Cl)(CF)[C@H]1O.CC(C)OC(=O)[C@H](C)C[P@@](=O)(Oc1ccccc1)O[C@H](C)[C@H]1O[C@@H](n2ccc3c(=O)[nH]c(N)nc32)C(Cl)(CF)[C@H]1O.CC(C)OC(=O)[C@H](C)C[P@](=O)(Oc1ccccc1)O[C@H](C)[C@H]1O[C@@H](n2ccc3c(=O)[nH]c(N)nc32)C(Cl)(CF)[C@H]1O. The van der Waals surface area contributed by atoms with Crippen molar-refractivity contribution in [3.63, 3.8) is 0 Å². The summed E-state index contributed by atoms with van der Waals surface area (Å²) in [6.07, 6.45) is -14.5. The molecule has 12 N–H and O–H groups in total. The lowest BCUT2D eigenvalue weighted by Gasteiger charge is -2.29.